The van der Waals surface area contributed by atoms with E-state index in [1.54, 1.807) is 25.2 Å². The number of carbonyl (C=O) groups excluding carboxylic acids is 2. The van der Waals surface area contributed by atoms with Crippen molar-refractivity contribution in [3.05, 3.63) is 53.2 Å². The van der Waals surface area contributed by atoms with Crippen molar-refractivity contribution in [3.8, 4) is 0 Å². The number of rotatable bonds is 4. The first-order valence-electron chi connectivity index (χ1n) is 10.1. The van der Waals surface area contributed by atoms with Crippen molar-refractivity contribution in [3.63, 3.8) is 0 Å². The minimum Gasteiger partial charge on any atom is -0.345 e. The molecule has 2 aliphatic heterocycles. The summed E-state index contributed by atoms with van der Waals surface area (Å²) in [6, 6.07) is 7.20. The van der Waals surface area contributed by atoms with Crippen molar-refractivity contribution < 1.29 is 9.59 Å². The SMILES string of the molecule is CN(C)C(=O)c1cccc(C2=CN(CC3CCCCC3)C(=O)C3N=CC=C23)c1. The lowest BCUT2D eigenvalue weighted by Gasteiger charge is -2.33. The fourth-order valence-electron chi connectivity index (χ4n) is 4.38. The Kier molecular flexibility index (Phi) is 5.16. The van der Waals surface area contributed by atoms with E-state index in [9.17, 15) is 9.59 Å². The first-order valence-corrected chi connectivity index (χ1v) is 10.1. The summed E-state index contributed by atoms with van der Waals surface area (Å²) in [5.74, 6) is 0.601. The van der Waals surface area contributed by atoms with Gasteiger partial charge in [-0.2, -0.15) is 0 Å². The van der Waals surface area contributed by atoms with Crippen molar-refractivity contribution in [2.24, 2.45) is 10.9 Å². The highest BCUT2D eigenvalue weighted by Crippen LogP contribution is 2.36. The Labute approximate surface area is 166 Å². The van der Waals surface area contributed by atoms with Gasteiger partial charge < -0.3 is 9.80 Å². The van der Waals surface area contributed by atoms with E-state index in [1.807, 2.05) is 41.4 Å². The molecule has 0 saturated heterocycles. The van der Waals surface area contributed by atoms with Crippen molar-refractivity contribution >= 4 is 23.6 Å². The molecule has 28 heavy (non-hydrogen) atoms. The number of fused-ring (bicyclic) bond motifs is 1. The van der Waals surface area contributed by atoms with Gasteiger partial charge in [-0.05, 0) is 48.1 Å². The fraction of sp³-hybridized carbons (Fsp3) is 0.435. The normalized spacial score (nSPS) is 22.0. The van der Waals surface area contributed by atoms with E-state index in [-0.39, 0.29) is 11.8 Å². The van der Waals surface area contributed by atoms with Crippen LogP contribution in [0, 0.1) is 5.92 Å². The van der Waals surface area contributed by atoms with Gasteiger partial charge in [0.25, 0.3) is 11.8 Å². The Morgan fingerprint density at radius 1 is 1.21 bits per heavy atom. The third-order valence-electron chi connectivity index (χ3n) is 5.90. The van der Waals surface area contributed by atoms with Crippen LogP contribution in [0.25, 0.3) is 5.57 Å². The molecular weight excluding hydrogens is 350 g/mol. The number of carbonyl (C=O) groups is 2. The number of amides is 2. The van der Waals surface area contributed by atoms with E-state index in [4.69, 9.17) is 0 Å². The van der Waals surface area contributed by atoms with Gasteiger partial charge in [0.15, 0.2) is 6.04 Å². The summed E-state index contributed by atoms with van der Waals surface area (Å²) >= 11 is 0. The third kappa shape index (κ3) is 3.53. The second-order valence-electron chi connectivity index (χ2n) is 8.14. The van der Waals surface area contributed by atoms with Crippen molar-refractivity contribution in [1.29, 1.82) is 0 Å². The minimum absolute atomic E-state index is 0.0263. The highest BCUT2D eigenvalue weighted by Gasteiger charge is 2.36. The fourth-order valence-corrected chi connectivity index (χ4v) is 4.38. The summed E-state index contributed by atoms with van der Waals surface area (Å²) in [7, 11) is 3.51. The van der Waals surface area contributed by atoms with E-state index >= 15 is 0 Å². The van der Waals surface area contributed by atoms with Crippen molar-refractivity contribution in [1.82, 2.24) is 9.80 Å². The molecule has 1 aromatic rings. The predicted molar refractivity (Wildman–Crippen MR) is 111 cm³/mol. The van der Waals surface area contributed by atoms with E-state index < -0.39 is 6.04 Å². The molecular formula is C23H27N3O2. The molecule has 1 fully saturated rings. The van der Waals surface area contributed by atoms with E-state index in [1.165, 1.54) is 32.1 Å². The van der Waals surface area contributed by atoms with Crippen LogP contribution in [0.15, 0.2) is 47.1 Å². The van der Waals surface area contributed by atoms with Gasteiger partial charge in [-0.25, -0.2) is 0 Å². The lowest BCUT2D eigenvalue weighted by molar-refractivity contribution is -0.129. The summed E-state index contributed by atoms with van der Waals surface area (Å²) in [4.78, 5) is 33.2. The van der Waals surface area contributed by atoms with Crippen LogP contribution in [0.1, 0.15) is 48.0 Å². The van der Waals surface area contributed by atoms with Crippen LogP contribution in [0.3, 0.4) is 0 Å². The Hall–Kier alpha value is -2.69. The Balaban J connectivity index is 1.67. The van der Waals surface area contributed by atoms with E-state index in [0.717, 1.165) is 23.3 Å². The van der Waals surface area contributed by atoms with Crippen LogP contribution in [-0.4, -0.2) is 54.5 Å². The third-order valence-corrected chi connectivity index (χ3v) is 5.90. The molecule has 0 spiro atoms. The number of hydrogen-bond donors (Lipinski definition) is 0. The zero-order valence-corrected chi connectivity index (χ0v) is 16.6. The number of benzene rings is 1. The Morgan fingerprint density at radius 2 is 2.00 bits per heavy atom. The van der Waals surface area contributed by atoms with Gasteiger partial charge in [0.1, 0.15) is 0 Å². The zero-order chi connectivity index (χ0) is 19.7. The van der Waals surface area contributed by atoms with Crippen LogP contribution in [0.4, 0.5) is 0 Å². The van der Waals surface area contributed by atoms with Gasteiger partial charge in [0, 0.05) is 44.2 Å². The summed E-state index contributed by atoms with van der Waals surface area (Å²) in [5.41, 5.74) is 3.52. The number of hydrogen-bond acceptors (Lipinski definition) is 3. The van der Waals surface area contributed by atoms with Gasteiger partial charge in [-0.15, -0.1) is 0 Å². The van der Waals surface area contributed by atoms with Gasteiger partial charge in [0.2, 0.25) is 0 Å². The molecule has 2 heterocycles. The molecule has 0 aromatic heterocycles. The quantitative estimate of drug-likeness (QED) is 0.806. The minimum atomic E-state index is -0.447. The first-order chi connectivity index (χ1) is 13.5. The highest BCUT2D eigenvalue weighted by atomic mass is 16.2. The first kappa shape index (κ1) is 18.7. The highest BCUT2D eigenvalue weighted by molar-refractivity contribution is 6.04. The molecule has 146 valence electrons. The van der Waals surface area contributed by atoms with Gasteiger partial charge >= 0.3 is 0 Å². The molecule has 4 rings (SSSR count). The van der Waals surface area contributed by atoms with Gasteiger partial charge in [-0.3, -0.25) is 14.6 Å². The van der Waals surface area contributed by atoms with E-state index in [2.05, 4.69) is 4.99 Å². The van der Waals surface area contributed by atoms with Crippen molar-refractivity contribution in [2.75, 3.05) is 20.6 Å². The maximum absolute atomic E-state index is 13.0. The largest absolute Gasteiger partial charge is 0.345 e. The Bertz CT molecular complexity index is 876. The van der Waals surface area contributed by atoms with Crippen LogP contribution in [0.2, 0.25) is 0 Å². The molecule has 0 N–H and O–H groups in total. The second kappa shape index (κ2) is 7.74. The topological polar surface area (TPSA) is 53.0 Å². The average molecular weight is 377 g/mol. The molecule has 0 radical (unpaired) electrons. The summed E-state index contributed by atoms with van der Waals surface area (Å²) in [5, 5.41) is 0. The van der Waals surface area contributed by atoms with Crippen LogP contribution >= 0.6 is 0 Å². The molecule has 0 bridgehead atoms. The van der Waals surface area contributed by atoms with Crippen LogP contribution in [-0.2, 0) is 4.79 Å². The van der Waals surface area contributed by atoms with Crippen LogP contribution < -0.4 is 0 Å². The average Bonchev–Trinajstić information content (AvgIpc) is 3.20. The number of aliphatic imine (C=N–C) groups is 1. The Morgan fingerprint density at radius 3 is 2.75 bits per heavy atom. The molecule has 2 amide bonds. The van der Waals surface area contributed by atoms with Gasteiger partial charge in [-0.1, -0.05) is 31.4 Å². The molecule has 3 aliphatic rings. The van der Waals surface area contributed by atoms with E-state index in [0.29, 0.717) is 11.5 Å². The molecule has 1 unspecified atom stereocenters. The summed E-state index contributed by atoms with van der Waals surface area (Å²) in [6.07, 6.45) is 11.8. The smallest absolute Gasteiger partial charge is 0.255 e. The monoisotopic (exact) mass is 377 g/mol. The van der Waals surface area contributed by atoms with Gasteiger partial charge in [0.05, 0.1) is 0 Å². The molecule has 1 aromatic carbocycles. The maximum atomic E-state index is 13.0. The molecule has 5 nitrogen and oxygen atoms in total. The standard InChI is InChI=1S/C23H27N3O2/c1-25(2)22(27)18-10-6-9-17(13-18)20-15-26(14-16-7-4-3-5-8-16)23(28)21-19(20)11-12-24-21/h6,9-13,15-16,21H,3-5,7-8,14H2,1-2H3. The second-order valence-corrected chi connectivity index (χ2v) is 8.14. The molecule has 5 heteroatoms. The summed E-state index contributed by atoms with van der Waals surface area (Å²) in [6.45, 7) is 0.762. The zero-order valence-electron chi connectivity index (χ0n) is 16.6. The predicted octanol–water partition coefficient (Wildman–Crippen LogP) is 3.53. The maximum Gasteiger partial charge on any atom is 0.255 e. The molecule has 1 saturated carbocycles. The van der Waals surface area contributed by atoms with Crippen molar-refractivity contribution in [2.45, 2.75) is 38.1 Å². The number of nitrogens with zero attached hydrogens (tertiary/aromatic N) is 3. The lowest BCUT2D eigenvalue weighted by Crippen LogP contribution is -2.41. The van der Waals surface area contributed by atoms with Crippen LogP contribution in [0.5, 0.6) is 0 Å². The lowest BCUT2D eigenvalue weighted by atomic mass is 9.86. The summed E-state index contributed by atoms with van der Waals surface area (Å²) < 4.78 is 0. The molecule has 1 atom stereocenters. The number of allylic oxidation sites excluding steroid dienone is 1. The molecule has 1 aliphatic carbocycles.